The molecule has 0 atom stereocenters. The number of H-pyrrole nitrogens is 1. The number of primary amides is 1. The van der Waals surface area contributed by atoms with Gasteiger partial charge in [0.2, 0.25) is 5.91 Å². The minimum atomic E-state index is -2.71. The van der Waals surface area contributed by atoms with Crippen molar-refractivity contribution in [3.8, 4) is 0 Å². The maximum absolute atomic E-state index is 12.6. The standard InChI is InChI=1S/C9H7F2N3O/c10-8(11)7-6-4(9(12)15)2-1-3-5(6)13-14-7/h1-3,8H,(H2,12,15)(H,13,14). The number of aromatic nitrogens is 2. The van der Waals surface area contributed by atoms with Crippen LogP contribution in [0.4, 0.5) is 8.78 Å². The maximum Gasteiger partial charge on any atom is 0.280 e. The van der Waals surface area contributed by atoms with Crippen LogP contribution in [0, 0.1) is 0 Å². The van der Waals surface area contributed by atoms with Crippen LogP contribution in [0.1, 0.15) is 22.5 Å². The van der Waals surface area contributed by atoms with Crippen LogP contribution in [-0.2, 0) is 0 Å². The number of carbonyl (C=O) groups excluding carboxylic acids is 1. The molecule has 0 unspecified atom stereocenters. The normalized spacial score (nSPS) is 11.1. The number of carbonyl (C=O) groups is 1. The van der Waals surface area contributed by atoms with Gasteiger partial charge in [-0.05, 0) is 12.1 Å². The third kappa shape index (κ3) is 1.43. The van der Waals surface area contributed by atoms with Crippen LogP contribution < -0.4 is 5.73 Å². The lowest BCUT2D eigenvalue weighted by molar-refractivity contribution is 0.100. The zero-order valence-electron chi connectivity index (χ0n) is 7.50. The molecule has 1 amide bonds. The summed E-state index contributed by atoms with van der Waals surface area (Å²) >= 11 is 0. The van der Waals surface area contributed by atoms with Crippen molar-refractivity contribution in [1.29, 1.82) is 0 Å². The average Bonchev–Trinajstić information content (AvgIpc) is 2.60. The van der Waals surface area contributed by atoms with Crippen molar-refractivity contribution in [2.45, 2.75) is 6.43 Å². The minimum Gasteiger partial charge on any atom is -0.366 e. The third-order valence-corrected chi connectivity index (χ3v) is 2.09. The molecule has 1 aromatic heterocycles. The lowest BCUT2D eigenvalue weighted by atomic mass is 10.1. The van der Waals surface area contributed by atoms with Gasteiger partial charge in [0, 0.05) is 5.39 Å². The van der Waals surface area contributed by atoms with Crippen molar-refractivity contribution in [1.82, 2.24) is 10.2 Å². The molecular weight excluding hydrogens is 204 g/mol. The number of nitrogens with zero attached hydrogens (tertiary/aromatic N) is 1. The van der Waals surface area contributed by atoms with Gasteiger partial charge in [0.15, 0.2) is 0 Å². The fraction of sp³-hybridized carbons (Fsp3) is 0.111. The van der Waals surface area contributed by atoms with E-state index < -0.39 is 12.3 Å². The average molecular weight is 211 g/mol. The summed E-state index contributed by atoms with van der Waals surface area (Å²) in [5, 5.41) is 5.97. The quantitative estimate of drug-likeness (QED) is 0.791. The first-order valence-electron chi connectivity index (χ1n) is 4.16. The molecule has 0 aliphatic rings. The summed E-state index contributed by atoms with van der Waals surface area (Å²) in [5.74, 6) is -0.746. The number of aromatic amines is 1. The number of benzene rings is 1. The topological polar surface area (TPSA) is 71.8 Å². The smallest absolute Gasteiger partial charge is 0.280 e. The van der Waals surface area contributed by atoms with Crippen LogP contribution in [0.25, 0.3) is 10.9 Å². The Morgan fingerprint density at radius 1 is 1.47 bits per heavy atom. The molecule has 15 heavy (non-hydrogen) atoms. The molecule has 0 fully saturated rings. The first kappa shape index (κ1) is 9.57. The largest absolute Gasteiger partial charge is 0.366 e. The predicted octanol–water partition coefficient (Wildman–Crippen LogP) is 1.60. The van der Waals surface area contributed by atoms with Crippen molar-refractivity contribution in [2.75, 3.05) is 0 Å². The molecule has 4 nitrogen and oxygen atoms in total. The van der Waals surface area contributed by atoms with Gasteiger partial charge in [-0.1, -0.05) is 6.07 Å². The molecule has 0 bridgehead atoms. The molecular formula is C9H7F2N3O. The van der Waals surface area contributed by atoms with Gasteiger partial charge in [-0.15, -0.1) is 0 Å². The van der Waals surface area contributed by atoms with E-state index in [0.717, 1.165) is 0 Å². The Bertz CT molecular complexity index is 521. The molecule has 0 saturated heterocycles. The van der Waals surface area contributed by atoms with Gasteiger partial charge in [0.05, 0.1) is 11.1 Å². The van der Waals surface area contributed by atoms with E-state index in [-0.39, 0.29) is 16.6 Å². The maximum atomic E-state index is 12.6. The monoisotopic (exact) mass is 211 g/mol. The zero-order chi connectivity index (χ0) is 11.0. The highest BCUT2D eigenvalue weighted by Crippen LogP contribution is 2.27. The first-order chi connectivity index (χ1) is 7.11. The fourth-order valence-corrected chi connectivity index (χ4v) is 1.46. The van der Waals surface area contributed by atoms with Crippen LogP contribution in [-0.4, -0.2) is 16.1 Å². The SMILES string of the molecule is NC(=O)c1cccc2n[nH]c(C(F)F)c12. The van der Waals surface area contributed by atoms with Crippen LogP contribution in [0.2, 0.25) is 0 Å². The fourth-order valence-electron chi connectivity index (χ4n) is 1.46. The number of nitrogens with one attached hydrogen (secondary N) is 1. The Hall–Kier alpha value is -1.98. The van der Waals surface area contributed by atoms with E-state index >= 15 is 0 Å². The molecule has 0 radical (unpaired) electrons. The van der Waals surface area contributed by atoms with Crippen LogP contribution >= 0.6 is 0 Å². The van der Waals surface area contributed by atoms with Crippen molar-refractivity contribution in [2.24, 2.45) is 5.73 Å². The van der Waals surface area contributed by atoms with Crippen molar-refractivity contribution >= 4 is 16.8 Å². The molecule has 6 heteroatoms. The van der Waals surface area contributed by atoms with Crippen molar-refractivity contribution in [3.05, 3.63) is 29.5 Å². The molecule has 0 aliphatic heterocycles. The van der Waals surface area contributed by atoms with Crippen LogP contribution in [0.3, 0.4) is 0 Å². The Kier molecular flexibility index (Phi) is 2.11. The molecule has 2 aromatic rings. The highest BCUT2D eigenvalue weighted by atomic mass is 19.3. The molecule has 0 spiro atoms. The highest BCUT2D eigenvalue weighted by molar-refractivity contribution is 6.06. The van der Waals surface area contributed by atoms with E-state index in [1.807, 2.05) is 0 Å². The van der Waals surface area contributed by atoms with E-state index in [0.29, 0.717) is 5.52 Å². The van der Waals surface area contributed by atoms with E-state index in [1.54, 1.807) is 6.07 Å². The Morgan fingerprint density at radius 3 is 2.80 bits per heavy atom. The lowest BCUT2D eigenvalue weighted by Crippen LogP contribution is -2.11. The number of amides is 1. The number of hydrogen-bond donors (Lipinski definition) is 2. The van der Waals surface area contributed by atoms with Crippen molar-refractivity contribution < 1.29 is 13.6 Å². The molecule has 2 rings (SSSR count). The molecule has 78 valence electrons. The van der Waals surface area contributed by atoms with Crippen LogP contribution in [0.15, 0.2) is 18.2 Å². The summed E-state index contributed by atoms with van der Waals surface area (Å²) in [6.07, 6.45) is -2.71. The number of halogens is 2. The number of rotatable bonds is 2. The number of fused-ring (bicyclic) bond motifs is 1. The van der Waals surface area contributed by atoms with E-state index in [1.165, 1.54) is 12.1 Å². The second-order valence-corrected chi connectivity index (χ2v) is 3.00. The molecule has 0 saturated carbocycles. The van der Waals surface area contributed by atoms with Gasteiger partial charge in [-0.2, -0.15) is 5.10 Å². The highest BCUT2D eigenvalue weighted by Gasteiger charge is 2.19. The Labute approximate surface area is 83.1 Å². The number of hydrogen-bond acceptors (Lipinski definition) is 2. The Balaban J connectivity index is 2.80. The van der Waals surface area contributed by atoms with E-state index in [4.69, 9.17) is 5.73 Å². The number of nitrogens with two attached hydrogens (primary N) is 1. The third-order valence-electron chi connectivity index (χ3n) is 2.09. The number of alkyl halides is 2. The molecule has 1 aromatic carbocycles. The van der Waals surface area contributed by atoms with Gasteiger partial charge in [0.1, 0.15) is 5.69 Å². The Morgan fingerprint density at radius 2 is 2.20 bits per heavy atom. The molecule has 1 heterocycles. The van der Waals surface area contributed by atoms with Crippen LogP contribution in [0.5, 0.6) is 0 Å². The van der Waals surface area contributed by atoms with E-state index in [2.05, 4.69) is 10.2 Å². The van der Waals surface area contributed by atoms with Gasteiger partial charge in [0.25, 0.3) is 6.43 Å². The van der Waals surface area contributed by atoms with Gasteiger partial charge in [-0.3, -0.25) is 9.89 Å². The van der Waals surface area contributed by atoms with Gasteiger partial charge in [-0.25, -0.2) is 8.78 Å². The summed E-state index contributed by atoms with van der Waals surface area (Å²) in [6.45, 7) is 0. The van der Waals surface area contributed by atoms with E-state index in [9.17, 15) is 13.6 Å². The van der Waals surface area contributed by atoms with Crippen molar-refractivity contribution in [3.63, 3.8) is 0 Å². The second-order valence-electron chi connectivity index (χ2n) is 3.00. The minimum absolute atomic E-state index is 0.0524. The summed E-state index contributed by atoms with van der Waals surface area (Å²) in [7, 11) is 0. The summed E-state index contributed by atoms with van der Waals surface area (Å²) < 4.78 is 25.1. The molecule has 3 N–H and O–H groups in total. The first-order valence-corrected chi connectivity index (χ1v) is 4.16. The predicted molar refractivity (Wildman–Crippen MR) is 49.6 cm³/mol. The summed E-state index contributed by atoms with van der Waals surface area (Å²) in [4.78, 5) is 11.0. The van der Waals surface area contributed by atoms with Gasteiger partial charge < -0.3 is 5.73 Å². The van der Waals surface area contributed by atoms with Gasteiger partial charge >= 0.3 is 0 Å². The molecule has 0 aliphatic carbocycles. The second kappa shape index (κ2) is 3.30. The summed E-state index contributed by atoms with van der Waals surface area (Å²) in [5.41, 5.74) is 5.07. The lowest BCUT2D eigenvalue weighted by Gasteiger charge is -2.00. The summed E-state index contributed by atoms with van der Waals surface area (Å²) in [6, 6.07) is 4.47. The zero-order valence-corrected chi connectivity index (χ0v) is 7.50.